The topological polar surface area (TPSA) is 40.7 Å². The highest BCUT2D eigenvalue weighted by molar-refractivity contribution is 5.00. The monoisotopic (exact) mass is 181 g/mol. The molecule has 3 heteroatoms. The molecular weight excluding hydrogens is 162 g/mol. The van der Waals surface area contributed by atoms with Crippen molar-refractivity contribution >= 4 is 0 Å². The average Bonchev–Trinajstić information content (AvgIpc) is 2.52. The second-order valence-electron chi connectivity index (χ2n) is 3.57. The van der Waals surface area contributed by atoms with Crippen molar-refractivity contribution in [2.24, 2.45) is 0 Å². The molecular formula is C10H19N3. The van der Waals surface area contributed by atoms with Gasteiger partial charge < -0.3 is 10.3 Å². The van der Waals surface area contributed by atoms with Crippen LogP contribution in [0.5, 0.6) is 0 Å². The number of nitrogens with one attached hydrogen (secondary N) is 2. The lowest BCUT2D eigenvalue weighted by Gasteiger charge is -2.05. The van der Waals surface area contributed by atoms with Crippen LogP contribution in [0.15, 0.2) is 6.20 Å². The third kappa shape index (κ3) is 3.59. The minimum Gasteiger partial charge on any atom is -0.346 e. The zero-order chi connectivity index (χ0) is 9.68. The molecule has 1 heterocycles. The fourth-order valence-corrected chi connectivity index (χ4v) is 1.19. The molecule has 0 saturated carbocycles. The Bertz CT molecular complexity index is 240. The van der Waals surface area contributed by atoms with Crippen molar-refractivity contribution in [1.29, 1.82) is 0 Å². The van der Waals surface area contributed by atoms with E-state index in [-0.39, 0.29) is 0 Å². The largest absolute Gasteiger partial charge is 0.346 e. The molecule has 1 aromatic heterocycles. The van der Waals surface area contributed by atoms with E-state index >= 15 is 0 Å². The first kappa shape index (κ1) is 10.3. The van der Waals surface area contributed by atoms with Crippen molar-refractivity contribution < 1.29 is 0 Å². The van der Waals surface area contributed by atoms with Gasteiger partial charge in [0.2, 0.25) is 0 Å². The molecule has 0 amide bonds. The van der Waals surface area contributed by atoms with Crippen molar-refractivity contribution in [2.45, 2.75) is 39.7 Å². The molecule has 74 valence electrons. The van der Waals surface area contributed by atoms with Crippen LogP contribution in [0.3, 0.4) is 0 Å². The Morgan fingerprint density at radius 3 is 2.85 bits per heavy atom. The summed E-state index contributed by atoms with van der Waals surface area (Å²) in [4.78, 5) is 7.57. The van der Waals surface area contributed by atoms with Gasteiger partial charge >= 0.3 is 0 Å². The van der Waals surface area contributed by atoms with Gasteiger partial charge in [0.1, 0.15) is 5.82 Å². The predicted molar refractivity (Wildman–Crippen MR) is 54.8 cm³/mol. The van der Waals surface area contributed by atoms with Crippen molar-refractivity contribution in [3.8, 4) is 0 Å². The highest BCUT2D eigenvalue weighted by atomic mass is 14.9. The Morgan fingerprint density at radius 2 is 2.31 bits per heavy atom. The number of nitrogens with zero attached hydrogens (tertiary/aromatic N) is 1. The van der Waals surface area contributed by atoms with Gasteiger partial charge in [-0.2, -0.15) is 0 Å². The van der Waals surface area contributed by atoms with Crippen LogP contribution in [-0.4, -0.2) is 22.6 Å². The molecule has 1 rings (SSSR count). The number of aromatic amines is 1. The Hall–Kier alpha value is -0.830. The summed E-state index contributed by atoms with van der Waals surface area (Å²) >= 11 is 0. The number of hydrogen-bond acceptors (Lipinski definition) is 2. The summed E-state index contributed by atoms with van der Waals surface area (Å²) in [6.07, 6.45) is 3.94. The lowest BCUT2D eigenvalue weighted by molar-refractivity contribution is 0.584. The number of rotatable bonds is 5. The molecule has 0 spiro atoms. The SMILES string of the molecule is CCc1cnc(CCNC(C)C)[nH]1. The summed E-state index contributed by atoms with van der Waals surface area (Å²) in [5.74, 6) is 1.09. The highest BCUT2D eigenvalue weighted by Crippen LogP contribution is 1.97. The average molecular weight is 181 g/mol. The maximum Gasteiger partial charge on any atom is 0.107 e. The first-order valence-corrected chi connectivity index (χ1v) is 4.98. The molecule has 3 nitrogen and oxygen atoms in total. The van der Waals surface area contributed by atoms with Crippen LogP contribution in [0.4, 0.5) is 0 Å². The van der Waals surface area contributed by atoms with E-state index in [9.17, 15) is 0 Å². The smallest absolute Gasteiger partial charge is 0.107 e. The zero-order valence-corrected chi connectivity index (χ0v) is 8.72. The fourth-order valence-electron chi connectivity index (χ4n) is 1.19. The Morgan fingerprint density at radius 1 is 1.54 bits per heavy atom. The molecule has 0 aliphatic rings. The molecule has 0 fully saturated rings. The van der Waals surface area contributed by atoms with Crippen LogP contribution in [0.25, 0.3) is 0 Å². The maximum absolute atomic E-state index is 4.29. The van der Waals surface area contributed by atoms with E-state index in [1.165, 1.54) is 5.69 Å². The van der Waals surface area contributed by atoms with Crippen molar-refractivity contribution in [3.63, 3.8) is 0 Å². The quantitative estimate of drug-likeness (QED) is 0.723. The molecule has 0 aromatic carbocycles. The summed E-state index contributed by atoms with van der Waals surface area (Å²) in [6, 6.07) is 0.556. The van der Waals surface area contributed by atoms with Crippen LogP contribution in [0, 0.1) is 0 Å². The molecule has 0 saturated heterocycles. The Labute approximate surface area is 80.0 Å². The van der Waals surface area contributed by atoms with Gasteiger partial charge in [0.05, 0.1) is 0 Å². The lowest BCUT2D eigenvalue weighted by atomic mass is 10.3. The van der Waals surface area contributed by atoms with Crippen LogP contribution >= 0.6 is 0 Å². The standard InChI is InChI=1S/C10H19N3/c1-4-9-7-12-10(13-9)5-6-11-8(2)3/h7-8,11H,4-6H2,1-3H3,(H,12,13). The van der Waals surface area contributed by atoms with Crippen molar-refractivity contribution in [3.05, 3.63) is 17.7 Å². The van der Waals surface area contributed by atoms with Crippen molar-refractivity contribution in [2.75, 3.05) is 6.54 Å². The third-order valence-corrected chi connectivity index (χ3v) is 1.98. The van der Waals surface area contributed by atoms with E-state index in [4.69, 9.17) is 0 Å². The molecule has 2 N–H and O–H groups in total. The third-order valence-electron chi connectivity index (χ3n) is 1.98. The van der Waals surface area contributed by atoms with Crippen molar-refractivity contribution in [1.82, 2.24) is 15.3 Å². The molecule has 1 aromatic rings. The summed E-state index contributed by atoms with van der Waals surface area (Å²) in [5, 5.41) is 3.36. The number of imidazole rings is 1. The lowest BCUT2D eigenvalue weighted by Crippen LogP contribution is -2.25. The minimum absolute atomic E-state index is 0.556. The van der Waals surface area contributed by atoms with Crippen LogP contribution in [0.2, 0.25) is 0 Å². The molecule has 0 aliphatic heterocycles. The van der Waals surface area contributed by atoms with E-state index in [0.29, 0.717) is 6.04 Å². The van der Waals surface area contributed by atoms with Gasteiger partial charge in [0.25, 0.3) is 0 Å². The van der Waals surface area contributed by atoms with Gasteiger partial charge in [-0.05, 0) is 6.42 Å². The summed E-state index contributed by atoms with van der Waals surface area (Å²) < 4.78 is 0. The fraction of sp³-hybridized carbons (Fsp3) is 0.700. The number of aromatic nitrogens is 2. The second-order valence-corrected chi connectivity index (χ2v) is 3.57. The van der Waals surface area contributed by atoms with E-state index in [0.717, 1.165) is 25.2 Å². The van der Waals surface area contributed by atoms with Crippen LogP contribution in [-0.2, 0) is 12.8 Å². The summed E-state index contributed by atoms with van der Waals surface area (Å²) in [6.45, 7) is 7.43. The zero-order valence-electron chi connectivity index (χ0n) is 8.72. The van der Waals surface area contributed by atoms with E-state index in [1.807, 2.05) is 6.20 Å². The van der Waals surface area contributed by atoms with Crippen LogP contribution < -0.4 is 5.32 Å². The molecule has 0 bridgehead atoms. The number of H-pyrrole nitrogens is 1. The Balaban J connectivity index is 2.28. The predicted octanol–water partition coefficient (Wildman–Crippen LogP) is 1.51. The maximum atomic E-state index is 4.29. The minimum atomic E-state index is 0.556. The van der Waals surface area contributed by atoms with Gasteiger partial charge in [0.15, 0.2) is 0 Å². The van der Waals surface area contributed by atoms with Gasteiger partial charge in [-0.3, -0.25) is 0 Å². The van der Waals surface area contributed by atoms with Gasteiger partial charge in [-0.15, -0.1) is 0 Å². The van der Waals surface area contributed by atoms with Gasteiger partial charge in [0, 0.05) is 30.9 Å². The number of aryl methyl sites for hydroxylation is 1. The van der Waals surface area contributed by atoms with E-state index < -0.39 is 0 Å². The van der Waals surface area contributed by atoms with Gasteiger partial charge in [-0.1, -0.05) is 20.8 Å². The molecule has 0 aliphatic carbocycles. The van der Waals surface area contributed by atoms with E-state index in [2.05, 4.69) is 36.1 Å². The summed E-state index contributed by atoms with van der Waals surface area (Å²) in [5.41, 5.74) is 1.22. The number of hydrogen-bond donors (Lipinski definition) is 2. The van der Waals surface area contributed by atoms with E-state index in [1.54, 1.807) is 0 Å². The van der Waals surface area contributed by atoms with Gasteiger partial charge in [-0.25, -0.2) is 4.98 Å². The molecule has 13 heavy (non-hydrogen) atoms. The molecule has 0 radical (unpaired) electrons. The second kappa shape index (κ2) is 5.02. The highest BCUT2D eigenvalue weighted by Gasteiger charge is 1.98. The Kier molecular flexibility index (Phi) is 3.96. The molecule has 0 unspecified atom stereocenters. The first-order valence-electron chi connectivity index (χ1n) is 4.98. The normalized spacial score (nSPS) is 11.1. The molecule has 0 atom stereocenters. The first-order chi connectivity index (χ1) is 6.22. The van der Waals surface area contributed by atoms with Crippen LogP contribution in [0.1, 0.15) is 32.3 Å². The summed E-state index contributed by atoms with van der Waals surface area (Å²) in [7, 11) is 0.